The van der Waals surface area contributed by atoms with Crippen molar-refractivity contribution in [3.05, 3.63) is 59.7 Å². The van der Waals surface area contributed by atoms with Gasteiger partial charge in [-0.15, -0.1) is 0 Å². The summed E-state index contributed by atoms with van der Waals surface area (Å²) in [7, 11) is 0. The summed E-state index contributed by atoms with van der Waals surface area (Å²) < 4.78 is 10.7. The van der Waals surface area contributed by atoms with Crippen molar-refractivity contribution in [2.75, 3.05) is 33.0 Å². The smallest absolute Gasteiger partial charge is 0.254 e. The first kappa shape index (κ1) is 15.0. The van der Waals surface area contributed by atoms with Gasteiger partial charge >= 0.3 is 0 Å². The van der Waals surface area contributed by atoms with Gasteiger partial charge in [-0.2, -0.15) is 0 Å². The molecule has 2 aromatic carbocycles. The molecule has 0 saturated carbocycles. The van der Waals surface area contributed by atoms with Gasteiger partial charge in [-0.05, 0) is 23.8 Å². The Kier molecular flexibility index (Phi) is 4.09. The number of benzene rings is 2. The van der Waals surface area contributed by atoms with Crippen molar-refractivity contribution in [1.29, 1.82) is 0 Å². The molecule has 4 rings (SSSR count). The summed E-state index contributed by atoms with van der Waals surface area (Å²) in [5.74, 6) is 1.43. The van der Waals surface area contributed by atoms with Gasteiger partial charge in [0.1, 0.15) is 0 Å². The molecule has 0 bridgehead atoms. The lowest BCUT2D eigenvalue weighted by atomic mass is 10.1. The van der Waals surface area contributed by atoms with Crippen molar-refractivity contribution in [2.24, 2.45) is 0 Å². The van der Waals surface area contributed by atoms with E-state index in [1.54, 1.807) is 12.1 Å². The van der Waals surface area contributed by atoms with Gasteiger partial charge in [0, 0.05) is 38.3 Å². The fourth-order valence-electron chi connectivity index (χ4n) is 3.16. The molecule has 5 heteroatoms. The lowest BCUT2D eigenvalue weighted by Gasteiger charge is -2.34. The number of fused-ring (bicyclic) bond motifs is 1. The van der Waals surface area contributed by atoms with Gasteiger partial charge in [-0.25, -0.2) is 0 Å². The number of amides is 1. The van der Waals surface area contributed by atoms with Crippen LogP contribution in [-0.2, 0) is 6.54 Å². The van der Waals surface area contributed by atoms with Crippen molar-refractivity contribution < 1.29 is 14.3 Å². The minimum Gasteiger partial charge on any atom is -0.454 e. The van der Waals surface area contributed by atoms with E-state index >= 15 is 0 Å². The molecule has 0 spiro atoms. The largest absolute Gasteiger partial charge is 0.454 e. The Balaban J connectivity index is 1.36. The first-order valence-corrected chi connectivity index (χ1v) is 8.25. The van der Waals surface area contributed by atoms with Crippen LogP contribution in [0.5, 0.6) is 11.5 Å². The van der Waals surface area contributed by atoms with Gasteiger partial charge in [0.15, 0.2) is 11.5 Å². The topological polar surface area (TPSA) is 42.0 Å². The van der Waals surface area contributed by atoms with Crippen LogP contribution in [0.2, 0.25) is 0 Å². The first-order valence-electron chi connectivity index (χ1n) is 8.25. The maximum Gasteiger partial charge on any atom is 0.254 e. The predicted octanol–water partition coefficient (Wildman–Crippen LogP) is 2.37. The van der Waals surface area contributed by atoms with E-state index in [-0.39, 0.29) is 12.7 Å². The van der Waals surface area contributed by atoms with Crippen LogP contribution in [-0.4, -0.2) is 48.7 Å². The highest BCUT2D eigenvalue weighted by Crippen LogP contribution is 2.32. The Morgan fingerprint density at radius 2 is 1.67 bits per heavy atom. The van der Waals surface area contributed by atoms with Crippen LogP contribution in [0.15, 0.2) is 48.5 Å². The number of rotatable bonds is 3. The summed E-state index contributed by atoms with van der Waals surface area (Å²) in [5, 5.41) is 0. The molecule has 124 valence electrons. The molecule has 2 aliphatic rings. The third-order valence-electron chi connectivity index (χ3n) is 4.53. The second kappa shape index (κ2) is 6.53. The number of carbonyl (C=O) groups is 1. The molecule has 5 nitrogen and oxygen atoms in total. The van der Waals surface area contributed by atoms with E-state index in [0.29, 0.717) is 17.1 Å². The summed E-state index contributed by atoms with van der Waals surface area (Å²) in [6.45, 7) is 4.45. The van der Waals surface area contributed by atoms with Gasteiger partial charge < -0.3 is 14.4 Å². The minimum atomic E-state index is 0.0626. The number of carbonyl (C=O) groups excluding carboxylic acids is 1. The lowest BCUT2D eigenvalue weighted by molar-refractivity contribution is 0.0628. The van der Waals surface area contributed by atoms with E-state index in [0.717, 1.165) is 32.7 Å². The van der Waals surface area contributed by atoms with E-state index in [1.807, 2.05) is 17.0 Å². The zero-order valence-corrected chi connectivity index (χ0v) is 13.5. The van der Waals surface area contributed by atoms with E-state index in [4.69, 9.17) is 9.47 Å². The molecule has 1 saturated heterocycles. The Labute approximate surface area is 141 Å². The highest BCUT2D eigenvalue weighted by atomic mass is 16.7. The summed E-state index contributed by atoms with van der Waals surface area (Å²) >= 11 is 0. The van der Waals surface area contributed by atoms with Crippen LogP contribution in [0.4, 0.5) is 0 Å². The third kappa shape index (κ3) is 3.08. The van der Waals surface area contributed by atoms with Crippen LogP contribution in [0, 0.1) is 0 Å². The van der Waals surface area contributed by atoms with Crippen molar-refractivity contribution >= 4 is 5.91 Å². The average molecular weight is 324 g/mol. The summed E-state index contributed by atoms with van der Waals surface area (Å²) in [6.07, 6.45) is 0. The molecule has 0 unspecified atom stereocenters. The molecule has 0 N–H and O–H groups in total. The highest BCUT2D eigenvalue weighted by Gasteiger charge is 2.24. The normalized spacial score (nSPS) is 17.1. The third-order valence-corrected chi connectivity index (χ3v) is 4.53. The fraction of sp³-hybridized carbons (Fsp3) is 0.316. The van der Waals surface area contributed by atoms with Gasteiger partial charge in [-0.1, -0.05) is 30.3 Å². The summed E-state index contributed by atoms with van der Waals surface area (Å²) in [4.78, 5) is 17.0. The monoisotopic (exact) mass is 324 g/mol. The second-order valence-corrected chi connectivity index (χ2v) is 6.12. The van der Waals surface area contributed by atoms with E-state index in [2.05, 4.69) is 29.2 Å². The molecular formula is C19H20N2O3. The Bertz CT molecular complexity index is 725. The first-order chi connectivity index (χ1) is 11.8. The molecule has 0 aliphatic carbocycles. The van der Waals surface area contributed by atoms with Crippen molar-refractivity contribution in [1.82, 2.24) is 9.80 Å². The van der Waals surface area contributed by atoms with E-state index in [1.165, 1.54) is 5.56 Å². The zero-order chi connectivity index (χ0) is 16.4. The van der Waals surface area contributed by atoms with Crippen LogP contribution in [0.3, 0.4) is 0 Å². The van der Waals surface area contributed by atoms with E-state index < -0.39 is 0 Å². The highest BCUT2D eigenvalue weighted by molar-refractivity contribution is 5.95. The second-order valence-electron chi connectivity index (χ2n) is 6.12. The van der Waals surface area contributed by atoms with Crippen LogP contribution in [0.1, 0.15) is 15.9 Å². The summed E-state index contributed by atoms with van der Waals surface area (Å²) in [5.41, 5.74) is 1.98. The van der Waals surface area contributed by atoms with Gasteiger partial charge in [0.25, 0.3) is 5.91 Å². The van der Waals surface area contributed by atoms with Crippen molar-refractivity contribution in [3.8, 4) is 11.5 Å². The molecule has 0 aromatic heterocycles. The fourth-order valence-corrected chi connectivity index (χ4v) is 3.16. The zero-order valence-electron chi connectivity index (χ0n) is 13.5. The Morgan fingerprint density at radius 1 is 0.917 bits per heavy atom. The molecule has 0 radical (unpaired) electrons. The predicted molar refractivity (Wildman–Crippen MR) is 90.2 cm³/mol. The maximum atomic E-state index is 12.7. The maximum absolute atomic E-state index is 12.7. The molecule has 2 heterocycles. The SMILES string of the molecule is O=C(c1ccc2c(c1)OCO2)N1CCN(Cc2ccccc2)CC1. The number of nitrogens with zero attached hydrogens (tertiary/aromatic N) is 2. The standard InChI is InChI=1S/C19H20N2O3/c22-19(16-6-7-17-18(12-16)24-14-23-17)21-10-8-20(9-11-21)13-15-4-2-1-3-5-15/h1-7,12H,8-11,13-14H2. The minimum absolute atomic E-state index is 0.0626. The Morgan fingerprint density at radius 3 is 2.46 bits per heavy atom. The average Bonchev–Trinajstić information content (AvgIpc) is 3.10. The quantitative estimate of drug-likeness (QED) is 0.869. The molecule has 2 aromatic rings. The molecule has 2 aliphatic heterocycles. The number of hydrogen-bond acceptors (Lipinski definition) is 4. The van der Waals surface area contributed by atoms with Gasteiger partial charge in [0.2, 0.25) is 6.79 Å². The number of ether oxygens (including phenoxy) is 2. The van der Waals surface area contributed by atoms with Crippen molar-refractivity contribution in [2.45, 2.75) is 6.54 Å². The van der Waals surface area contributed by atoms with E-state index in [9.17, 15) is 4.79 Å². The molecule has 0 atom stereocenters. The van der Waals surface area contributed by atoms with Gasteiger partial charge in [0.05, 0.1) is 0 Å². The molecule has 24 heavy (non-hydrogen) atoms. The summed E-state index contributed by atoms with van der Waals surface area (Å²) in [6, 6.07) is 15.8. The molecule has 1 fully saturated rings. The van der Waals surface area contributed by atoms with Crippen LogP contribution < -0.4 is 9.47 Å². The number of piperazine rings is 1. The molecule has 1 amide bonds. The number of hydrogen-bond donors (Lipinski definition) is 0. The van der Waals surface area contributed by atoms with Crippen LogP contribution >= 0.6 is 0 Å². The van der Waals surface area contributed by atoms with Crippen molar-refractivity contribution in [3.63, 3.8) is 0 Å². The van der Waals surface area contributed by atoms with Gasteiger partial charge in [-0.3, -0.25) is 9.69 Å². The van der Waals surface area contributed by atoms with Crippen LogP contribution in [0.25, 0.3) is 0 Å². The Hall–Kier alpha value is -2.53. The molecular weight excluding hydrogens is 304 g/mol. The lowest BCUT2D eigenvalue weighted by Crippen LogP contribution is -2.48.